The largest absolute Gasteiger partial charge is 0.316 e. The average molecular weight is 499 g/mol. The summed E-state index contributed by atoms with van der Waals surface area (Å²) in [7, 11) is 0. The summed E-state index contributed by atoms with van der Waals surface area (Å²) in [5.41, 5.74) is 9.77. The van der Waals surface area contributed by atoms with Gasteiger partial charge in [0.05, 0.1) is 16.6 Å². The lowest BCUT2D eigenvalue weighted by molar-refractivity contribution is 1.13. The lowest BCUT2D eigenvalue weighted by atomic mass is 10.0. The first-order chi connectivity index (χ1) is 19.3. The topological polar surface area (TPSA) is 9.86 Å². The first-order valence-electron chi connectivity index (χ1n) is 13.5. The molecule has 0 radical (unpaired) electrons. The molecule has 39 heavy (non-hydrogen) atoms. The lowest BCUT2D eigenvalue weighted by Gasteiger charge is -2.10. The molecule has 0 fully saturated rings. The van der Waals surface area contributed by atoms with Gasteiger partial charge in [0.2, 0.25) is 0 Å². The molecule has 2 heteroatoms. The molecule has 0 aliphatic heterocycles. The lowest BCUT2D eigenvalue weighted by Crippen LogP contribution is -1.94. The Morgan fingerprint density at radius 2 is 1.10 bits per heavy atom. The van der Waals surface area contributed by atoms with Gasteiger partial charge >= 0.3 is 0 Å². The standard InChI is InChI=1S/C37H26N2/c1-25-11-13-26(14-12-25)27-15-19-30(20-16-27)38-24-23-29-18-22-34-36(37(29)38)35-32-10-6-5-7-28(32)17-21-33(35)39(34)31-8-3-2-4-9-31/h2-24H,1H3. The number of aryl methyl sites for hydroxylation is 1. The normalized spacial score (nSPS) is 11.7. The van der Waals surface area contributed by atoms with Gasteiger partial charge < -0.3 is 9.13 Å². The maximum atomic E-state index is 2.41. The van der Waals surface area contributed by atoms with Gasteiger partial charge in [-0.2, -0.15) is 0 Å². The van der Waals surface area contributed by atoms with Crippen LogP contribution in [0.1, 0.15) is 5.56 Å². The predicted molar refractivity (Wildman–Crippen MR) is 165 cm³/mol. The van der Waals surface area contributed by atoms with Crippen molar-refractivity contribution in [3.8, 4) is 22.5 Å². The predicted octanol–water partition coefficient (Wildman–Crippen LogP) is 9.86. The van der Waals surface area contributed by atoms with Gasteiger partial charge in [-0.1, -0.05) is 96.6 Å². The molecule has 8 aromatic rings. The summed E-state index contributed by atoms with van der Waals surface area (Å²) in [5.74, 6) is 0. The number of hydrogen-bond acceptors (Lipinski definition) is 0. The summed E-state index contributed by atoms with van der Waals surface area (Å²) < 4.78 is 4.77. The van der Waals surface area contributed by atoms with E-state index in [9.17, 15) is 0 Å². The van der Waals surface area contributed by atoms with Crippen molar-refractivity contribution in [1.29, 1.82) is 0 Å². The summed E-state index contributed by atoms with van der Waals surface area (Å²) in [6.45, 7) is 2.13. The zero-order chi connectivity index (χ0) is 25.9. The molecule has 0 saturated carbocycles. The number of benzene rings is 6. The number of nitrogens with zero attached hydrogens (tertiary/aromatic N) is 2. The van der Waals surface area contributed by atoms with Crippen molar-refractivity contribution in [2.75, 3.05) is 0 Å². The highest BCUT2D eigenvalue weighted by atomic mass is 15.0. The minimum absolute atomic E-state index is 1.16. The number of fused-ring (bicyclic) bond motifs is 7. The van der Waals surface area contributed by atoms with Gasteiger partial charge in [-0.05, 0) is 71.3 Å². The van der Waals surface area contributed by atoms with Crippen molar-refractivity contribution in [3.05, 3.63) is 145 Å². The van der Waals surface area contributed by atoms with Gasteiger partial charge in [0.25, 0.3) is 0 Å². The van der Waals surface area contributed by atoms with Crippen LogP contribution in [0.4, 0.5) is 0 Å². The molecule has 0 saturated heterocycles. The van der Waals surface area contributed by atoms with E-state index in [1.807, 2.05) is 0 Å². The summed E-state index contributed by atoms with van der Waals surface area (Å²) in [5, 5.41) is 6.37. The number of aromatic nitrogens is 2. The number of para-hydroxylation sites is 1. The molecule has 0 aliphatic carbocycles. The molecule has 0 atom stereocenters. The highest BCUT2D eigenvalue weighted by Gasteiger charge is 2.19. The molecule has 0 aliphatic rings. The molecule has 0 spiro atoms. The van der Waals surface area contributed by atoms with E-state index < -0.39 is 0 Å². The first kappa shape index (κ1) is 22.0. The van der Waals surface area contributed by atoms with Crippen molar-refractivity contribution < 1.29 is 0 Å². The van der Waals surface area contributed by atoms with Gasteiger partial charge in [-0.3, -0.25) is 0 Å². The fourth-order valence-corrected chi connectivity index (χ4v) is 6.12. The van der Waals surface area contributed by atoms with Crippen molar-refractivity contribution in [1.82, 2.24) is 9.13 Å². The zero-order valence-electron chi connectivity index (χ0n) is 21.7. The molecular formula is C37H26N2. The Morgan fingerprint density at radius 1 is 0.462 bits per heavy atom. The Hall–Kier alpha value is -5.08. The van der Waals surface area contributed by atoms with E-state index in [-0.39, 0.29) is 0 Å². The van der Waals surface area contributed by atoms with Gasteiger partial charge in [-0.15, -0.1) is 0 Å². The molecule has 0 bridgehead atoms. The van der Waals surface area contributed by atoms with E-state index in [0.717, 1.165) is 5.69 Å². The molecule has 8 rings (SSSR count). The average Bonchev–Trinajstić information content (AvgIpc) is 3.57. The van der Waals surface area contributed by atoms with Crippen LogP contribution in [0.2, 0.25) is 0 Å². The van der Waals surface area contributed by atoms with E-state index >= 15 is 0 Å². The Kier molecular flexibility index (Phi) is 4.77. The minimum atomic E-state index is 1.16. The zero-order valence-corrected chi connectivity index (χ0v) is 21.7. The van der Waals surface area contributed by atoms with Crippen LogP contribution in [-0.4, -0.2) is 9.13 Å². The molecule has 2 nitrogen and oxygen atoms in total. The van der Waals surface area contributed by atoms with Crippen LogP contribution in [0, 0.1) is 6.92 Å². The van der Waals surface area contributed by atoms with Gasteiger partial charge in [0.15, 0.2) is 0 Å². The quantitative estimate of drug-likeness (QED) is 0.229. The number of hydrogen-bond donors (Lipinski definition) is 0. The van der Waals surface area contributed by atoms with E-state index in [1.54, 1.807) is 0 Å². The highest BCUT2D eigenvalue weighted by Crippen LogP contribution is 2.41. The van der Waals surface area contributed by atoms with E-state index in [0.29, 0.717) is 0 Å². The third kappa shape index (κ3) is 3.35. The summed E-state index contributed by atoms with van der Waals surface area (Å²) in [6.07, 6.45) is 2.21. The van der Waals surface area contributed by atoms with Crippen molar-refractivity contribution in [2.45, 2.75) is 6.92 Å². The third-order valence-electron chi connectivity index (χ3n) is 8.01. The van der Waals surface area contributed by atoms with Crippen LogP contribution >= 0.6 is 0 Å². The Bertz CT molecular complexity index is 2140. The molecule has 184 valence electrons. The molecular weight excluding hydrogens is 472 g/mol. The summed E-state index contributed by atoms with van der Waals surface area (Å²) >= 11 is 0. The Balaban J connectivity index is 1.44. The minimum Gasteiger partial charge on any atom is -0.316 e. The maximum Gasteiger partial charge on any atom is 0.0628 e. The maximum absolute atomic E-state index is 2.41. The summed E-state index contributed by atoms with van der Waals surface area (Å²) in [4.78, 5) is 0. The van der Waals surface area contributed by atoms with Crippen LogP contribution < -0.4 is 0 Å². The van der Waals surface area contributed by atoms with Crippen LogP contribution in [-0.2, 0) is 0 Å². The molecule has 2 heterocycles. The van der Waals surface area contributed by atoms with Crippen LogP contribution in [0.3, 0.4) is 0 Å². The molecule has 0 amide bonds. The van der Waals surface area contributed by atoms with E-state index in [1.165, 1.54) is 65.9 Å². The SMILES string of the molecule is Cc1ccc(-c2ccc(-n3ccc4ccc5c(c6c7ccccc7ccc6n5-c5ccccc5)c43)cc2)cc1. The Morgan fingerprint density at radius 3 is 1.87 bits per heavy atom. The molecule has 2 aromatic heterocycles. The van der Waals surface area contributed by atoms with E-state index in [2.05, 4.69) is 156 Å². The molecule has 0 unspecified atom stereocenters. The van der Waals surface area contributed by atoms with Gasteiger partial charge in [0.1, 0.15) is 0 Å². The van der Waals surface area contributed by atoms with Crippen LogP contribution in [0.15, 0.2) is 140 Å². The van der Waals surface area contributed by atoms with Gasteiger partial charge in [0, 0.05) is 33.7 Å². The highest BCUT2D eigenvalue weighted by molar-refractivity contribution is 6.28. The second-order valence-electron chi connectivity index (χ2n) is 10.3. The monoisotopic (exact) mass is 498 g/mol. The van der Waals surface area contributed by atoms with Crippen molar-refractivity contribution in [3.63, 3.8) is 0 Å². The van der Waals surface area contributed by atoms with Crippen LogP contribution in [0.25, 0.3) is 66.0 Å². The number of rotatable bonds is 3. The van der Waals surface area contributed by atoms with Crippen molar-refractivity contribution in [2.24, 2.45) is 0 Å². The van der Waals surface area contributed by atoms with Gasteiger partial charge in [-0.25, -0.2) is 0 Å². The second kappa shape index (κ2) is 8.47. The van der Waals surface area contributed by atoms with Crippen molar-refractivity contribution >= 4 is 43.5 Å². The molecule has 6 aromatic carbocycles. The summed E-state index contributed by atoms with van der Waals surface area (Å²) in [6, 6.07) is 48.4. The van der Waals surface area contributed by atoms with E-state index in [4.69, 9.17) is 0 Å². The fourth-order valence-electron chi connectivity index (χ4n) is 6.12. The smallest absolute Gasteiger partial charge is 0.0628 e. The Labute approximate surface area is 227 Å². The third-order valence-corrected chi connectivity index (χ3v) is 8.01. The first-order valence-corrected chi connectivity index (χ1v) is 13.5. The molecule has 0 N–H and O–H groups in total. The second-order valence-corrected chi connectivity index (χ2v) is 10.3. The fraction of sp³-hybridized carbons (Fsp3) is 0.0270. The van der Waals surface area contributed by atoms with Crippen LogP contribution in [0.5, 0.6) is 0 Å².